The zero-order valence-electron chi connectivity index (χ0n) is 8.46. The lowest BCUT2D eigenvalue weighted by Crippen LogP contribution is -2.01. The Balaban J connectivity index is 2.46. The minimum absolute atomic E-state index is 0.151. The predicted octanol–water partition coefficient (Wildman–Crippen LogP) is 4.08. The highest BCUT2D eigenvalue weighted by molar-refractivity contribution is 7.12. The van der Waals surface area contributed by atoms with Crippen molar-refractivity contribution in [2.45, 2.75) is 6.92 Å². The summed E-state index contributed by atoms with van der Waals surface area (Å²) in [5.74, 6) is -0.595. The Labute approximate surface area is 101 Å². The molecule has 2 aromatic rings. The zero-order valence-corrected chi connectivity index (χ0v) is 10.0. The molecule has 1 heterocycles. The van der Waals surface area contributed by atoms with Crippen LogP contribution in [0.15, 0.2) is 29.6 Å². The number of rotatable bonds is 2. The Morgan fingerprint density at radius 1 is 1.38 bits per heavy atom. The first-order valence-corrected chi connectivity index (χ1v) is 5.89. The summed E-state index contributed by atoms with van der Waals surface area (Å²) < 4.78 is 12.8. The van der Waals surface area contributed by atoms with Crippen LogP contribution in [0.1, 0.15) is 20.8 Å². The molecule has 82 valence electrons. The van der Waals surface area contributed by atoms with Gasteiger partial charge < -0.3 is 0 Å². The number of halogens is 2. The molecule has 0 aliphatic heterocycles. The molecule has 0 N–H and O–H groups in total. The van der Waals surface area contributed by atoms with Crippen molar-refractivity contribution in [3.8, 4) is 0 Å². The van der Waals surface area contributed by atoms with Gasteiger partial charge in [0, 0.05) is 5.56 Å². The summed E-state index contributed by atoms with van der Waals surface area (Å²) in [5, 5.41) is 2.00. The molecule has 0 aliphatic carbocycles. The SMILES string of the molecule is Cc1ccsc1C(=O)c1ccc(F)cc1Cl. The van der Waals surface area contributed by atoms with Gasteiger partial charge in [0.1, 0.15) is 5.82 Å². The van der Waals surface area contributed by atoms with Crippen LogP contribution in [0.3, 0.4) is 0 Å². The molecule has 2 rings (SSSR count). The molecule has 1 nitrogen and oxygen atoms in total. The van der Waals surface area contributed by atoms with Crippen LogP contribution in [-0.2, 0) is 0 Å². The van der Waals surface area contributed by atoms with Crippen molar-refractivity contribution >= 4 is 28.7 Å². The molecule has 0 aliphatic rings. The second kappa shape index (κ2) is 4.36. The van der Waals surface area contributed by atoms with E-state index < -0.39 is 5.82 Å². The average molecular weight is 255 g/mol. The van der Waals surface area contributed by atoms with Crippen molar-refractivity contribution in [1.82, 2.24) is 0 Å². The molecule has 0 unspecified atom stereocenters. The standard InChI is InChI=1S/C12H8ClFOS/c1-7-4-5-16-12(7)11(15)9-3-2-8(14)6-10(9)13/h2-6H,1H3. The summed E-state index contributed by atoms with van der Waals surface area (Å²) in [5.41, 5.74) is 1.25. The average Bonchev–Trinajstić information content (AvgIpc) is 2.63. The summed E-state index contributed by atoms with van der Waals surface area (Å²) in [6.07, 6.45) is 0. The van der Waals surface area contributed by atoms with Crippen molar-refractivity contribution < 1.29 is 9.18 Å². The second-order valence-corrected chi connectivity index (χ2v) is 4.71. The van der Waals surface area contributed by atoms with Gasteiger partial charge in [0.15, 0.2) is 0 Å². The number of benzene rings is 1. The van der Waals surface area contributed by atoms with Gasteiger partial charge in [-0.1, -0.05) is 11.6 Å². The fourth-order valence-electron chi connectivity index (χ4n) is 1.40. The second-order valence-electron chi connectivity index (χ2n) is 3.39. The number of thiophene rings is 1. The monoisotopic (exact) mass is 254 g/mol. The Bertz CT molecular complexity index is 548. The van der Waals surface area contributed by atoms with Crippen LogP contribution in [0, 0.1) is 12.7 Å². The molecule has 0 amide bonds. The number of hydrogen-bond donors (Lipinski definition) is 0. The van der Waals surface area contributed by atoms with Gasteiger partial charge in [0.05, 0.1) is 9.90 Å². The van der Waals surface area contributed by atoms with E-state index in [0.29, 0.717) is 10.4 Å². The maximum Gasteiger partial charge on any atom is 0.204 e. The van der Waals surface area contributed by atoms with E-state index in [1.807, 2.05) is 18.4 Å². The molecule has 0 radical (unpaired) electrons. The van der Waals surface area contributed by atoms with Gasteiger partial charge in [-0.05, 0) is 42.1 Å². The van der Waals surface area contributed by atoms with Crippen LogP contribution >= 0.6 is 22.9 Å². The van der Waals surface area contributed by atoms with E-state index in [9.17, 15) is 9.18 Å². The normalized spacial score (nSPS) is 10.4. The molecule has 0 spiro atoms. The third-order valence-corrected chi connectivity index (χ3v) is 3.57. The highest BCUT2D eigenvalue weighted by Crippen LogP contribution is 2.24. The fourth-order valence-corrected chi connectivity index (χ4v) is 2.53. The summed E-state index contributed by atoms with van der Waals surface area (Å²) in [7, 11) is 0. The fraction of sp³-hybridized carbons (Fsp3) is 0.0833. The largest absolute Gasteiger partial charge is 0.288 e. The van der Waals surface area contributed by atoms with E-state index in [0.717, 1.165) is 11.6 Å². The molecule has 0 atom stereocenters. The van der Waals surface area contributed by atoms with E-state index in [2.05, 4.69) is 0 Å². The molecule has 4 heteroatoms. The van der Waals surface area contributed by atoms with Crippen LogP contribution in [0.2, 0.25) is 5.02 Å². The van der Waals surface area contributed by atoms with Crippen molar-refractivity contribution in [2.24, 2.45) is 0 Å². The van der Waals surface area contributed by atoms with Crippen LogP contribution < -0.4 is 0 Å². The van der Waals surface area contributed by atoms with Gasteiger partial charge in [-0.2, -0.15) is 0 Å². The molecule has 0 fully saturated rings. The van der Waals surface area contributed by atoms with Crippen LogP contribution in [0.25, 0.3) is 0 Å². The number of aryl methyl sites for hydroxylation is 1. The third-order valence-electron chi connectivity index (χ3n) is 2.24. The van der Waals surface area contributed by atoms with E-state index in [4.69, 9.17) is 11.6 Å². The minimum Gasteiger partial charge on any atom is -0.288 e. The van der Waals surface area contributed by atoms with Crippen molar-refractivity contribution in [3.05, 3.63) is 56.5 Å². The first-order valence-electron chi connectivity index (χ1n) is 4.63. The van der Waals surface area contributed by atoms with E-state index in [-0.39, 0.29) is 10.8 Å². The van der Waals surface area contributed by atoms with Gasteiger partial charge >= 0.3 is 0 Å². The first kappa shape index (κ1) is 11.3. The minimum atomic E-state index is -0.440. The molecular formula is C12H8ClFOS. The summed E-state index contributed by atoms with van der Waals surface area (Å²) in [4.78, 5) is 12.7. The molecule has 1 aromatic heterocycles. The quantitative estimate of drug-likeness (QED) is 0.738. The van der Waals surface area contributed by atoms with Gasteiger partial charge in [-0.15, -0.1) is 11.3 Å². The molecule has 1 aromatic carbocycles. The summed E-state index contributed by atoms with van der Waals surface area (Å²) >= 11 is 7.20. The smallest absolute Gasteiger partial charge is 0.204 e. The molecule has 0 saturated heterocycles. The lowest BCUT2D eigenvalue weighted by atomic mass is 10.1. The van der Waals surface area contributed by atoms with Gasteiger partial charge in [-0.3, -0.25) is 4.79 Å². The lowest BCUT2D eigenvalue weighted by Gasteiger charge is -2.02. The number of carbonyl (C=O) groups excluding carboxylic acids is 1. The number of ketones is 1. The van der Waals surface area contributed by atoms with E-state index >= 15 is 0 Å². The maximum atomic E-state index is 12.8. The topological polar surface area (TPSA) is 17.1 Å². The van der Waals surface area contributed by atoms with Crippen LogP contribution in [-0.4, -0.2) is 5.78 Å². The van der Waals surface area contributed by atoms with E-state index in [1.165, 1.54) is 23.5 Å². The van der Waals surface area contributed by atoms with Crippen LogP contribution in [0.5, 0.6) is 0 Å². The Morgan fingerprint density at radius 3 is 2.69 bits per heavy atom. The van der Waals surface area contributed by atoms with E-state index in [1.54, 1.807) is 0 Å². The number of carbonyl (C=O) groups is 1. The molecular weight excluding hydrogens is 247 g/mol. The maximum absolute atomic E-state index is 12.8. The Hall–Kier alpha value is -1.19. The highest BCUT2D eigenvalue weighted by atomic mass is 35.5. The molecule has 0 saturated carbocycles. The van der Waals surface area contributed by atoms with Gasteiger partial charge in [-0.25, -0.2) is 4.39 Å². The number of hydrogen-bond acceptors (Lipinski definition) is 2. The van der Waals surface area contributed by atoms with Crippen LogP contribution in [0.4, 0.5) is 4.39 Å². The summed E-state index contributed by atoms with van der Waals surface area (Å²) in [6, 6.07) is 5.67. The van der Waals surface area contributed by atoms with Gasteiger partial charge in [0.25, 0.3) is 0 Å². The Morgan fingerprint density at radius 2 is 2.12 bits per heavy atom. The van der Waals surface area contributed by atoms with Crippen molar-refractivity contribution in [3.63, 3.8) is 0 Å². The third kappa shape index (κ3) is 2.01. The Kier molecular flexibility index (Phi) is 3.08. The molecule has 16 heavy (non-hydrogen) atoms. The lowest BCUT2D eigenvalue weighted by molar-refractivity contribution is 0.104. The predicted molar refractivity (Wildman–Crippen MR) is 63.9 cm³/mol. The highest BCUT2D eigenvalue weighted by Gasteiger charge is 2.16. The zero-order chi connectivity index (χ0) is 11.7. The van der Waals surface area contributed by atoms with Crippen molar-refractivity contribution in [1.29, 1.82) is 0 Å². The molecule has 0 bridgehead atoms. The first-order chi connectivity index (χ1) is 7.59. The summed E-state index contributed by atoms with van der Waals surface area (Å²) in [6.45, 7) is 1.86. The van der Waals surface area contributed by atoms with Crippen molar-refractivity contribution in [2.75, 3.05) is 0 Å². The van der Waals surface area contributed by atoms with Gasteiger partial charge in [0.2, 0.25) is 5.78 Å².